The van der Waals surface area contributed by atoms with Crippen LogP contribution in [0.25, 0.3) is 0 Å². The number of hydrogen-bond donors (Lipinski definition) is 0. The highest BCUT2D eigenvalue weighted by Gasteiger charge is 2.07. The molecule has 0 N–H and O–H groups in total. The first-order chi connectivity index (χ1) is 6.16. The molecule has 0 atom stereocenters. The predicted octanol–water partition coefficient (Wildman–Crippen LogP) is 3.69. The van der Waals surface area contributed by atoms with E-state index in [4.69, 9.17) is 16.9 Å². The van der Waals surface area contributed by atoms with Crippen LogP contribution in [-0.2, 0) is 0 Å². The lowest BCUT2D eigenvalue weighted by Gasteiger charge is -1.98. The summed E-state index contributed by atoms with van der Waals surface area (Å²) < 4.78 is 12.9. The minimum Gasteiger partial charge on any atom is -0.205 e. The Kier molecular flexibility index (Phi) is 5.10. The van der Waals surface area contributed by atoms with Gasteiger partial charge in [0.2, 0.25) is 0 Å². The highest BCUT2D eigenvalue weighted by molar-refractivity contribution is 6.31. The maximum Gasteiger partial charge on any atom is 0.146 e. The molecule has 0 bridgehead atoms. The molecule has 0 amide bonds. The summed E-state index contributed by atoms with van der Waals surface area (Å²) in [6, 6.07) is 4.82. The molecule has 1 nitrogen and oxygen atoms in total. The summed E-state index contributed by atoms with van der Waals surface area (Å²) in [5.41, 5.74) is 0.628. The molecule has 1 aromatic rings. The molecule has 70 valence electrons. The molecular weight excluding hydrogens is 189 g/mol. The van der Waals surface area contributed by atoms with Crippen LogP contribution in [0.1, 0.15) is 25.0 Å². The fraction of sp³-hybridized carbons (Fsp3) is 0.300. The minimum absolute atomic E-state index is 0.0903. The molecule has 13 heavy (non-hydrogen) atoms. The first-order valence-corrected chi connectivity index (χ1v) is 4.39. The second kappa shape index (κ2) is 5.55. The van der Waals surface area contributed by atoms with Gasteiger partial charge >= 0.3 is 0 Å². The van der Waals surface area contributed by atoms with Gasteiger partial charge in [-0.2, -0.15) is 5.26 Å². The number of halogens is 2. The Morgan fingerprint density at radius 1 is 1.38 bits per heavy atom. The van der Waals surface area contributed by atoms with E-state index in [9.17, 15) is 4.39 Å². The van der Waals surface area contributed by atoms with Crippen LogP contribution in [0.5, 0.6) is 0 Å². The van der Waals surface area contributed by atoms with Gasteiger partial charge in [-0.1, -0.05) is 31.5 Å². The summed E-state index contributed by atoms with van der Waals surface area (Å²) in [6.07, 6.45) is 0. The van der Waals surface area contributed by atoms with E-state index in [1.165, 1.54) is 12.1 Å². The molecule has 0 aliphatic rings. The Labute approximate surface area is 82.8 Å². The van der Waals surface area contributed by atoms with Gasteiger partial charge < -0.3 is 0 Å². The molecule has 1 aromatic carbocycles. The van der Waals surface area contributed by atoms with Crippen molar-refractivity contribution >= 4 is 11.6 Å². The Morgan fingerprint density at radius 2 is 1.92 bits per heavy atom. The molecule has 0 aliphatic carbocycles. The van der Waals surface area contributed by atoms with Crippen molar-refractivity contribution in [3.8, 4) is 6.07 Å². The summed E-state index contributed by atoms with van der Waals surface area (Å²) in [4.78, 5) is 0. The monoisotopic (exact) mass is 199 g/mol. The molecular formula is C10H11ClFN. The molecule has 0 heterocycles. The van der Waals surface area contributed by atoms with Crippen molar-refractivity contribution in [2.45, 2.75) is 20.8 Å². The van der Waals surface area contributed by atoms with Crippen molar-refractivity contribution in [3.63, 3.8) is 0 Å². The Bertz CT molecular complexity index is 328. The molecule has 0 spiro atoms. The molecule has 0 radical (unpaired) electrons. The molecule has 0 aromatic heterocycles. The maximum atomic E-state index is 12.9. The lowest BCUT2D eigenvalue weighted by Crippen LogP contribution is -1.86. The van der Waals surface area contributed by atoms with Crippen LogP contribution in [0.2, 0.25) is 5.02 Å². The minimum atomic E-state index is -0.509. The third-order valence-corrected chi connectivity index (χ3v) is 1.77. The van der Waals surface area contributed by atoms with E-state index in [1.807, 2.05) is 13.8 Å². The zero-order valence-corrected chi connectivity index (χ0v) is 8.61. The topological polar surface area (TPSA) is 23.8 Å². The van der Waals surface area contributed by atoms with E-state index >= 15 is 0 Å². The Morgan fingerprint density at radius 3 is 2.38 bits per heavy atom. The summed E-state index contributed by atoms with van der Waals surface area (Å²) in [5.74, 6) is -0.509. The van der Waals surface area contributed by atoms with Crippen LogP contribution in [0.4, 0.5) is 4.39 Å². The van der Waals surface area contributed by atoms with Gasteiger partial charge in [0.15, 0.2) is 0 Å². The highest BCUT2D eigenvalue weighted by atomic mass is 35.5. The van der Waals surface area contributed by atoms with E-state index < -0.39 is 5.82 Å². The third kappa shape index (κ3) is 2.71. The first kappa shape index (κ1) is 11.9. The largest absolute Gasteiger partial charge is 0.205 e. The average molecular weight is 200 g/mol. The predicted molar refractivity (Wildman–Crippen MR) is 52.2 cm³/mol. The van der Waals surface area contributed by atoms with Crippen molar-refractivity contribution in [3.05, 3.63) is 34.1 Å². The van der Waals surface area contributed by atoms with Crippen LogP contribution >= 0.6 is 11.6 Å². The highest BCUT2D eigenvalue weighted by Crippen LogP contribution is 2.21. The molecule has 0 unspecified atom stereocenters. The second-order valence-corrected chi connectivity index (χ2v) is 2.55. The van der Waals surface area contributed by atoms with Gasteiger partial charge in [-0.05, 0) is 18.6 Å². The van der Waals surface area contributed by atoms with E-state index in [1.54, 1.807) is 13.0 Å². The van der Waals surface area contributed by atoms with Crippen molar-refractivity contribution in [2.24, 2.45) is 0 Å². The molecule has 0 aliphatic heterocycles. The van der Waals surface area contributed by atoms with Gasteiger partial charge in [0.25, 0.3) is 0 Å². The molecule has 0 saturated heterocycles. The SMILES string of the molecule is CC.Cc1ccc(C#N)c(Cl)c1F. The molecule has 3 heteroatoms. The number of nitriles is 1. The van der Waals surface area contributed by atoms with E-state index in [0.717, 1.165) is 0 Å². The van der Waals surface area contributed by atoms with Crippen molar-refractivity contribution in [1.29, 1.82) is 5.26 Å². The smallest absolute Gasteiger partial charge is 0.146 e. The van der Waals surface area contributed by atoms with Gasteiger partial charge in [0.1, 0.15) is 11.9 Å². The lowest BCUT2D eigenvalue weighted by molar-refractivity contribution is 0.618. The Hall–Kier alpha value is -1.07. The first-order valence-electron chi connectivity index (χ1n) is 4.01. The Balaban J connectivity index is 0.000000671. The number of hydrogen-bond acceptors (Lipinski definition) is 1. The summed E-state index contributed by atoms with van der Waals surface area (Å²) in [7, 11) is 0. The van der Waals surface area contributed by atoms with Gasteiger partial charge in [-0.15, -0.1) is 0 Å². The number of rotatable bonds is 0. The fourth-order valence-electron chi connectivity index (χ4n) is 0.732. The number of benzene rings is 1. The number of nitrogens with zero attached hydrogens (tertiary/aromatic N) is 1. The van der Waals surface area contributed by atoms with Crippen molar-refractivity contribution < 1.29 is 4.39 Å². The fourth-order valence-corrected chi connectivity index (χ4v) is 0.987. The molecule has 0 saturated carbocycles. The van der Waals surface area contributed by atoms with E-state index in [-0.39, 0.29) is 10.6 Å². The van der Waals surface area contributed by atoms with Crippen LogP contribution < -0.4 is 0 Å². The van der Waals surface area contributed by atoms with Crippen molar-refractivity contribution in [2.75, 3.05) is 0 Å². The van der Waals surface area contributed by atoms with E-state index in [2.05, 4.69) is 0 Å². The van der Waals surface area contributed by atoms with Crippen LogP contribution in [0.15, 0.2) is 12.1 Å². The van der Waals surface area contributed by atoms with E-state index in [0.29, 0.717) is 5.56 Å². The quantitative estimate of drug-likeness (QED) is 0.625. The van der Waals surface area contributed by atoms with Crippen molar-refractivity contribution in [1.82, 2.24) is 0 Å². The van der Waals surface area contributed by atoms with Gasteiger partial charge in [0.05, 0.1) is 10.6 Å². The van der Waals surface area contributed by atoms with Gasteiger partial charge in [-0.25, -0.2) is 4.39 Å². The molecule has 0 fully saturated rings. The zero-order chi connectivity index (χ0) is 10.4. The third-order valence-electron chi connectivity index (χ3n) is 1.40. The normalized spacial score (nSPS) is 8.31. The number of aryl methyl sites for hydroxylation is 1. The van der Waals surface area contributed by atoms with Gasteiger partial charge in [-0.3, -0.25) is 0 Å². The summed E-state index contributed by atoms with van der Waals surface area (Å²) in [5, 5.41) is 8.34. The maximum absolute atomic E-state index is 12.9. The van der Waals surface area contributed by atoms with Gasteiger partial charge in [0, 0.05) is 0 Å². The van der Waals surface area contributed by atoms with Crippen LogP contribution in [0.3, 0.4) is 0 Å². The zero-order valence-electron chi connectivity index (χ0n) is 7.86. The summed E-state index contributed by atoms with van der Waals surface area (Å²) >= 11 is 5.50. The standard InChI is InChI=1S/C8H5ClFN.C2H6/c1-5-2-3-6(4-11)7(9)8(5)10;1-2/h2-3H,1H3;1-2H3. The summed E-state index contributed by atoms with van der Waals surface area (Å²) in [6.45, 7) is 5.60. The average Bonchev–Trinajstić information content (AvgIpc) is 2.18. The van der Waals surface area contributed by atoms with Crippen LogP contribution in [0, 0.1) is 24.1 Å². The second-order valence-electron chi connectivity index (χ2n) is 2.17. The lowest BCUT2D eigenvalue weighted by atomic mass is 10.1. The van der Waals surface area contributed by atoms with Crippen LogP contribution in [-0.4, -0.2) is 0 Å². The molecule has 1 rings (SSSR count).